The van der Waals surface area contributed by atoms with Gasteiger partial charge in [-0.25, -0.2) is 4.68 Å². The molecule has 0 amide bonds. The monoisotopic (exact) mass is 307 g/mol. The normalized spacial score (nSPS) is 11.0. The summed E-state index contributed by atoms with van der Waals surface area (Å²) >= 11 is 0. The van der Waals surface area contributed by atoms with Crippen LogP contribution in [0, 0.1) is 27.7 Å². The molecule has 118 valence electrons. The standard InChI is InChI=1S/C19H21N3O/c1-12-5-7-16(9-14(12)3)19-18(11-23)20-21-22(19)17-8-6-13(2)15(4)10-17/h5-10,23H,11H2,1-4H3. The SMILES string of the molecule is Cc1ccc(-c2c(CO)nnn2-c2ccc(C)c(C)c2)cc1C. The lowest BCUT2D eigenvalue weighted by molar-refractivity contribution is 0.277. The molecule has 4 nitrogen and oxygen atoms in total. The lowest BCUT2D eigenvalue weighted by Crippen LogP contribution is -2.01. The summed E-state index contributed by atoms with van der Waals surface area (Å²) in [5, 5.41) is 18.1. The molecule has 0 unspecified atom stereocenters. The minimum atomic E-state index is -0.132. The zero-order valence-corrected chi connectivity index (χ0v) is 14.0. The second-order valence-corrected chi connectivity index (χ2v) is 6.02. The van der Waals surface area contributed by atoms with Crippen molar-refractivity contribution in [3.8, 4) is 16.9 Å². The lowest BCUT2D eigenvalue weighted by Gasteiger charge is -2.11. The molecule has 0 fully saturated rings. The van der Waals surface area contributed by atoms with Crippen molar-refractivity contribution in [3.63, 3.8) is 0 Å². The second-order valence-electron chi connectivity index (χ2n) is 6.02. The molecule has 1 aromatic heterocycles. The zero-order chi connectivity index (χ0) is 16.6. The van der Waals surface area contributed by atoms with E-state index in [1.165, 1.54) is 22.3 Å². The van der Waals surface area contributed by atoms with Gasteiger partial charge in [0.25, 0.3) is 0 Å². The first-order chi connectivity index (χ1) is 11.0. The summed E-state index contributed by atoms with van der Waals surface area (Å²) in [5.74, 6) is 0. The van der Waals surface area contributed by atoms with E-state index < -0.39 is 0 Å². The van der Waals surface area contributed by atoms with Gasteiger partial charge in [-0.2, -0.15) is 0 Å². The Hall–Kier alpha value is -2.46. The van der Waals surface area contributed by atoms with Crippen molar-refractivity contribution in [2.24, 2.45) is 0 Å². The molecule has 0 radical (unpaired) electrons. The van der Waals surface area contributed by atoms with Gasteiger partial charge in [0.15, 0.2) is 0 Å². The van der Waals surface area contributed by atoms with E-state index in [2.05, 4.69) is 68.3 Å². The van der Waals surface area contributed by atoms with E-state index in [9.17, 15) is 5.11 Å². The number of aliphatic hydroxyl groups is 1. The molecule has 4 heteroatoms. The molecule has 0 spiro atoms. The third kappa shape index (κ3) is 2.78. The fourth-order valence-electron chi connectivity index (χ4n) is 2.64. The minimum Gasteiger partial charge on any atom is -0.390 e. The van der Waals surface area contributed by atoms with Crippen molar-refractivity contribution in [2.75, 3.05) is 0 Å². The number of aromatic nitrogens is 3. The predicted molar refractivity (Wildman–Crippen MR) is 91.7 cm³/mol. The van der Waals surface area contributed by atoms with Crippen molar-refractivity contribution in [3.05, 3.63) is 64.3 Å². The summed E-state index contributed by atoms with van der Waals surface area (Å²) < 4.78 is 1.81. The maximum atomic E-state index is 9.65. The van der Waals surface area contributed by atoms with E-state index in [1.807, 2.05) is 10.7 Å². The molecular formula is C19H21N3O. The number of aliphatic hydroxyl groups excluding tert-OH is 1. The van der Waals surface area contributed by atoms with Gasteiger partial charge in [-0.15, -0.1) is 5.10 Å². The van der Waals surface area contributed by atoms with Crippen molar-refractivity contribution in [1.29, 1.82) is 0 Å². The van der Waals surface area contributed by atoms with Crippen LogP contribution in [0.3, 0.4) is 0 Å². The minimum absolute atomic E-state index is 0.132. The van der Waals surface area contributed by atoms with Crippen LogP contribution in [0.15, 0.2) is 36.4 Å². The van der Waals surface area contributed by atoms with Crippen LogP contribution in [0.1, 0.15) is 27.9 Å². The molecule has 0 aliphatic heterocycles. The first-order valence-corrected chi connectivity index (χ1v) is 7.72. The van der Waals surface area contributed by atoms with E-state index in [-0.39, 0.29) is 6.61 Å². The van der Waals surface area contributed by atoms with Gasteiger partial charge in [0.2, 0.25) is 0 Å². The van der Waals surface area contributed by atoms with E-state index >= 15 is 0 Å². The van der Waals surface area contributed by atoms with E-state index in [0.717, 1.165) is 16.9 Å². The number of aryl methyl sites for hydroxylation is 4. The summed E-state index contributed by atoms with van der Waals surface area (Å²) in [6.45, 7) is 8.21. The molecule has 1 heterocycles. The highest BCUT2D eigenvalue weighted by atomic mass is 16.3. The molecule has 0 saturated heterocycles. The summed E-state index contributed by atoms with van der Waals surface area (Å²) in [6, 6.07) is 12.5. The maximum Gasteiger partial charge on any atom is 0.117 e. The largest absolute Gasteiger partial charge is 0.390 e. The highest BCUT2D eigenvalue weighted by Crippen LogP contribution is 2.27. The third-order valence-electron chi connectivity index (χ3n) is 4.41. The van der Waals surface area contributed by atoms with Gasteiger partial charge in [-0.3, -0.25) is 0 Å². The Bertz CT molecular complexity index is 865. The highest BCUT2D eigenvalue weighted by molar-refractivity contribution is 5.66. The fourth-order valence-corrected chi connectivity index (χ4v) is 2.64. The van der Waals surface area contributed by atoms with E-state index in [4.69, 9.17) is 0 Å². The maximum absolute atomic E-state index is 9.65. The topological polar surface area (TPSA) is 50.9 Å². The van der Waals surface area contributed by atoms with Crippen LogP contribution in [-0.2, 0) is 6.61 Å². The number of rotatable bonds is 3. The highest BCUT2D eigenvalue weighted by Gasteiger charge is 2.16. The lowest BCUT2D eigenvalue weighted by atomic mass is 10.0. The average molecular weight is 307 g/mol. The van der Waals surface area contributed by atoms with Gasteiger partial charge in [0, 0.05) is 5.56 Å². The number of hydrogen-bond donors (Lipinski definition) is 1. The van der Waals surface area contributed by atoms with Crippen LogP contribution in [0.2, 0.25) is 0 Å². The van der Waals surface area contributed by atoms with Crippen LogP contribution in [-0.4, -0.2) is 20.1 Å². The first-order valence-electron chi connectivity index (χ1n) is 7.72. The zero-order valence-electron chi connectivity index (χ0n) is 14.0. The fraction of sp³-hybridized carbons (Fsp3) is 0.263. The Labute approximate surface area is 136 Å². The van der Waals surface area contributed by atoms with E-state index in [0.29, 0.717) is 5.69 Å². The van der Waals surface area contributed by atoms with Crippen molar-refractivity contribution >= 4 is 0 Å². The Morgan fingerprint density at radius 2 is 1.52 bits per heavy atom. The van der Waals surface area contributed by atoms with Gasteiger partial charge in [-0.05, 0) is 68.1 Å². The molecule has 0 bridgehead atoms. The van der Waals surface area contributed by atoms with Crippen molar-refractivity contribution in [2.45, 2.75) is 34.3 Å². The summed E-state index contributed by atoms with van der Waals surface area (Å²) in [7, 11) is 0. The molecule has 2 aromatic carbocycles. The van der Waals surface area contributed by atoms with Gasteiger partial charge >= 0.3 is 0 Å². The second kappa shape index (κ2) is 5.97. The predicted octanol–water partition coefficient (Wildman–Crippen LogP) is 3.66. The molecule has 0 aliphatic carbocycles. The molecule has 23 heavy (non-hydrogen) atoms. The van der Waals surface area contributed by atoms with Gasteiger partial charge in [0.05, 0.1) is 12.3 Å². The van der Waals surface area contributed by atoms with Gasteiger partial charge in [-0.1, -0.05) is 23.4 Å². The average Bonchev–Trinajstić information content (AvgIpc) is 2.96. The molecule has 0 aliphatic rings. The van der Waals surface area contributed by atoms with Crippen LogP contribution in [0.25, 0.3) is 16.9 Å². The molecular weight excluding hydrogens is 286 g/mol. The first kappa shape index (κ1) is 15.4. The molecule has 3 aromatic rings. The smallest absolute Gasteiger partial charge is 0.117 e. The summed E-state index contributed by atoms with van der Waals surface area (Å²) in [6.07, 6.45) is 0. The third-order valence-corrected chi connectivity index (χ3v) is 4.41. The van der Waals surface area contributed by atoms with Crippen LogP contribution in [0.5, 0.6) is 0 Å². The quantitative estimate of drug-likeness (QED) is 0.803. The molecule has 3 rings (SSSR count). The van der Waals surface area contributed by atoms with Crippen LogP contribution >= 0.6 is 0 Å². The van der Waals surface area contributed by atoms with Crippen LogP contribution in [0.4, 0.5) is 0 Å². The van der Waals surface area contributed by atoms with Gasteiger partial charge in [0.1, 0.15) is 11.4 Å². The van der Waals surface area contributed by atoms with Crippen molar-refractivity contribution in [1.82, 2.24) is 15.0 Å². The Morgan fingerprint density at radius 3 is 2.13 bits per heavy atom. The number of benzene rings is 2. The summed E-state index contributed by atoms with van der Waals surface area (Å²) in [4.78, 5) is 0. The summed E-state index contributed by atoms with van der Waals surface area (Å²) in [5.41, 5.74) is 8.29. The Balaban J connectivity index is 2.21. The van der Waals surface area contributed by atoms with Gasteiger partial charge < -0.3 is 5.11 Å². The van der Waals surface area contributed by atoms with Crippen LogP contribution < -0.4 is 0 Å². The number of hydrogen-bond acceptors (Lipinski definition) is 3. The Morgan fingerprint density at radius 1 is 0.870 bits per heavy atom. The van der Waals surface area contributed by atoms with Crippen molar-refractivity contribution < 1.29 is 5.11 Å². The molecule has 1 N–H and O–H groups in total. The molecule has 0 atom stereocenters. The molecule has 0 saturated carbocycles. The van der Waals surface area contributed by atoms with E-state index in [1.54, 1.807) is 0 Å². The number of nitrogens with zero attached hydrogens (tertiary/aromatic N) is 3. The Kier molecular flexibility index (Phi) is 4.01.